The molecule has 1 aromatic rings. The number of nitrogens with one attached hydrogen (secondary N) is 2. The lowest BCUT2D eigenvalue weighted by molar-refractivity contribution is 0.410. The zero-order valence-electron chi connectivity index (χ0n) is 7.41. The second kappa shape index (κ2) is 5.47. The largest absolute Gasteiger partial charge is 0.363 e. The topological polar surface area (TPSA) is 63.0 Å². The summed E-state index contributed by atoms with van der Waals surface area (Å²) >= 11 is 4.96. The number of rotatable bonds is 4. The molecule has 0 bridgehead atoms. The second-order valence-electron chi connectivity index (χ2n) is 2.38. The summed E-state index contributed by atoms with van der Waals surface area (Å²) in [5, 5.41) is 10.3. The van der Waals surface area contributed by atoms with E-state index in [-0.39, 0.29) is 0 Å². The van der Waals surface area contributed by atoms with Crippen LogP contribution in [0.2, 0.25) is 0 Å². The molecule has 5 nitrogen and oxygen atoms in total. The number of aromatic nitrogens is 2. The highest BCUT2D eigenvalue weighted by Crippen LogP contribution is 1.87. The van der Waals surface area contributed by atoms with Crippen molar-refractivity contribution >= 4 is 17.3 Å². The van der Waals surface area contributed by atoms with Crippen LogP contribution in [-0.2, 0) is 6.42 Å². The minimum absolute atomic E-state index is 0.658. The van der Waals surface area contributed by atoms with E-state index in [1.807, 2.05) is 6.92 Å². The molecule has 13 heavy (non-hydrogen) atoms. The van der Waals surface area contributed by atoms with Crippen LogP contribution in [0, 0.1) is 0 Å². The van der Waals surface area contributed by atoms with Gasteiger partial charge in [0.25, 0.3) is 0 Å². The van der Waals surface area contributed by atoms with E-state index in [1.54, 1.807) is 0 Å². The summed E-state index contributed by atoms with van der Waals surface area (Å²) in [6, 6.07) is 0. The molecule has 0 aliphatic rings. The fraction of sp³-hybridized carbons (Fsp3) is 0.571. The van der Waals surface area contributed by atoms with Crippen LogP contribution in [0.3, 0.4) is 0 Å². The first-order valence-electron chi connectivity index (χ1n) is 4.10. The Balaban J connectivity index is 2.11. The van der Waals surface area contributed by atoms with Crippen LogP contribution in [0.15, 0.2) is 10.9 Å². The van der Waals surface area contributed by atoms with E-state index in [1.165, 1.54) is 6.39 Å². The number of nitrogens with zero attached hydrogens (tertiary/aromatic N) is 2. The maximum atomic E-state index is 4.96. The SMILES string of the molecule is CCNC(=S)NCCc1ncon1. The van der Waals surface area contributed by atoms with Crippen molar-refractivity contribution in [3.05, 3.63) is 12.2 Å². The monoisotopic (exact) mass is 200 g/mol. The molecule has 2 N–H and O–H groups in total. The van der Waals surface area contributed by atoms with Crippen molar-refractivity contribution in [2.24, 2.45) is 0 Å². The smallest absolute Gasteiger partial charge is 0.213 e. The third-order valence-corrected chi connectivity index (χ3v) is 1.67. The van der Waals surface area contributed by atoms with Crippen LogP contribution in [0.5, 0.6) is 0 Å². The molecule has 6 heteroatoms. The average molecular weight is 200 g/mol. The van der Waals surface area contributed by atoms with Gasteiger partial charge in [0.2, 0.25) is 6.39 Å². The fourth-order valence-electron chi connectivity index (χ4n) is 0.813. The molecule has 0 amide bonds. The van der Waals surface area contributed by atoms with Crippen molar-refractivity contribution < 1.29 is 4.52 Å². The van der Waals surface area contributed by atoms with Crippen molar-refractivity contribution in [2.75, 3.05) is 13.1 Å². The second-order valence-corrected chi connectivity index (χ2v) is 2.79. The molecule has 0 unspecified atom stereocenters. The maximum absolute atomic E-state index is 4.96. The standard InChI is InChI=1S/C7H12N4OS/c1-2-8-7(13)9-4-3-6-10-5-12-11-6/h5H,2-4H2,1H3,(H2,8,9,13). The van der Waals surface area contributed by atoms with Gasteiger partial charge in [-0.3, -0.25) is 0 Å². The van der Waals surface area contributed by atoms with Crippen LogP contribution >= 0.6 is 12.2 Å². The van der Waals surface area contributed by atoms with Crippen LogP contribution in [0.1, 0.15) is 12.7 Å². The average Bonchev–Trinajstić information content (AvgIpc) is 2.57. The van der Waals surface area contributed by atoms with E-state index in [2.05, 4.69) is 25.3 Å². The molecule has 0 saturated carbocycles. The molecular weight excluding hydrogens is 188 g/mol. The third kappa shape index (κ3) is 3.84. The molecule has 0 radical (unpaired) electrons. The predicted molar refractivity (Wildman–Crippen MR) is 52.3 cm³/mol. The number of thiocarbonyl (C=S) groups is 1. The molecule has 1 aromatic heterocycles. The Kier molecular flexibility index (Phi) is 4.17. The highest BCUT2D eigenvalue weighted by Gasteiger charge is 1.98. The summed E-state index contributed by atoms with van der Waals surface area (Å²) in [5.41, 5.74) is 0. The molecule has 72 valence electrons. The van der Waals surface area contributed by atoms with E-state index >= 15 is 0 Å². The first-order valence-corrected chi connectivity index (χ1v) is 4.50. The lowest BCUT2D eigenvalue weighted by Gasteiger charge is -2.06. The van der Waals surface area contributed by atoms with Crippen molar-refractivity contribution in [3.63, 3.8) is 0 Å². The van der Waals surface area contributed by atoms with E-state index < -0.39 is 0 Å². The van der Waals surface area contributed by atoms with E-state index in [9.17, 15) is 0 Å². The van der Waals surface area contributed by atoms with Crippen molar-refractivity contribution in [1.82, 2.24) is 20.8 Å². The molecule has 0 aliphatic carbocycles. The lowest BCUT2D eigenvalue weighted by atomic mass is 10.4. The van der Waals surface area contributed by atoms with Crippen molar-refractivity contribution in [1.29, 1.82) is 0 Å². The molecule has 0 spiro atoms. The van der Waals surface area contributed by atoms with Crippen molar-refractivity contribution in [2.45, 2.75) is 13.3 Å². The van der Waals surface area contributed by atoms with Gasteiger partial charge in [-0.25, -0.2) is 0 Å². The van der Waals surface area contributed by atoms with Gasteiger partial charge in [-0.2, -0.15) is 4.98 Å². The molecule has 0 saturated heterocycles. The Bertz CT molecular complexity index is 249. The van der Waals surface area contributed by atoms with E-state index in [4.69, 9.17) is 12.2 Å². The van der Waals surface area contributed by atoms with Gasteiger partial charge in [-0.05, 0) is 19.1 Å². The summed E-state index contributed by atoms with van der Waals surface area (Å²) in [5.74, 6) is 0.687. The molecule has 0 aliphatic heterocycles. The summed E-state index contributed by atoms with van der Waals surface area (Å²) < 4.78 is 4.58. The lowest BCUT2D eigenvalue weighted by Crippen LogP contribution is -2.36. The van der Waals surface area contributed by atoms with Crippen LogP contribution in [-0.4, -0.2) is 28.3 Å². The van der Waals surface area contributed by atoms with Gasteiger partial charge in [-0.1, -0.05) is 5.16 Å². The van der Waals surface area contributed by atoms with Crippen LogP contribution < -0.4 is 10.6 Å². The molecule has 1 heterocycles. The fourth-order valence-corrected chi connectivity index (χ4v) is 1.06. The maximum Gasteiger partial charge on any atom is 0.213 e. The Hall–Kier alpha value is -1.17. The first kappa shape index (κ1) is 9.91. The molecule has 0 fully saturated rings. The Labute approximate surface area is 81.9 Å². The Morgan fingerprint density at radius 2 is 2.46 bits per heavy atom. The van der Waals surface area contributed by atoms with Gasteiger partial charge in [-0.15, -0.1) is 0 Å². The van der Waals surface area contributed by atoms with Crippen LogP contribution in [0.4, 0.5) is 0 Å². The number of hydrogen-bond acceptors (Lipinski definition) is 4. The Morgan fingerprint density at radius 3 is 3.08 bits per heavy atom. The molecule has 0 atom stereocenters. The van der Waals surface area contributed by atoms with Crippen molar-refractivity contribution in [3.8, 4) is 0 Å². The quantitative estimate of drug-likeness (QED) is 0.672. The number of hydrogen-bond donors (Lipinski definition) is 2. The normalized spacial score (nSPS) is 9.62. The zero-order valence-corrected chi connectivity index (χ0v) is 8.23. The summed E-state index contributed by atoms with van der Waals surface area (Å²) in [4.78, 5) is 3.88. The Morgan fingerprint density at radius 1 is 1.62 bits per heavy atom. The molecular formula is C7H12N4OS. The van der Waals surface area contributed by atoms with Gasteiger partial charge < -0.3 is 15.2 Å². The highest BCUT2D eigenvalue weighted by molar-refractivity contribution is 7.80. The molecule has 0 aromatic carbocycles. The first-order chi connectivity index (χ1) is 6.33. The minimum Gasteiger partial charge on any atom is -0.363 e. The van der Waals surface area contributed by atoms with Gasteiger partial charge in [0.15, 0.2) is 10.9 Å². The summed E-state index contributed by atoms with van der Waals surface area (Å²) in [7, 11) is 0. The third-order valence-electron chi connectivity index (χ3n) is 1.38. The van der Waals surface area contributed by atoms with Gasteiger partial charge in [0, 0.05) is 19.5 Å². The summed E-state index contributed by atoms with van der Waals surface area (Å²) in [6.07, 6.45) is 2.03. The predicted octanol–water partition coefficient (Wildman–Crippen LogP) is 0.0961. The van der Waals surface area contributed by atoms with E-state index in [0.717, 1.165) is 6.54 Å². The van der Waals surface area contributed by atoms with E-state index in [0.29, 0.717) is 23.9 Å². The van der Waals surface area contributed by atoms with Gasteiger partial charge in [0.05, 0.1) is 0 Å². The van der Waals surface area contributed by atoms with Gasteiger partial charge >= 0.3 is 0 Å². The van der Waals surface area contributed by atoms with Crippen LogP contribution in [0.25, 0.3) is 0 Å². The summed E-state index contributed by atoms with van der Waals surface area (Å²) in [6.45, 7) is 3.53. The minimum atomic E-state index is 0.658. The zero-order chi connectivity index (χ0) is 9.52. The molecule has 1 rings (SSSR count). The highest BCUT2D eigenvalue weighted by atomic mass is 32.1. The van der Waals surface area contributed by atoms with Gasteiger partial charge in [0.1, 0.15) is 0 Å².